The average molecular weight is 455 g/mol. The van der Waals surface area contributed by atoms with Gasteiger partial charge in [0.15, 0.2) is 0 Å². The molecule has 3 aromatic rings. The molecule has 0 saturated carbocycles. The van der Waals surface area contributed by atoms with Crippen molar-refractivity contribution in [2.45, 2.75) is 18.2 Å². The quantitative estimate of drug-likeness (QED) is 0.426. The number of amides is 1. The first-order chi connectivity index (χ1) is 15.5. The van der Waals surface area contributed by atoms with Crippen LogP contribution in [0.15, 0.2) is 83.8 Å². The van der Waals surface area contributed by atoms with Crippen molar-refractivity contribution in [3.05, 3.63) is 84.4 Å². The normalized spacial score (nSPS) is 10.9. The standard InChI is InChI=1S/C24H26N2O5S/c1-2-30-22-13-15-23(16-14-22)32(28,29)26-20-11-9-19(10-12-20)24(27)25-17-6-18-31-21-7-4-3-5-8-21/h3-5,7-16,26H,2,6,17-18H2,1H3,(H,25,27). The minimum atomic E-state index is -3.74. The molecule has 0 aliphatic rings. The fourth-order valence-electron chi connectivity index (χ4n) is 2.87. The molecular formula is C24H26N2O5S. The smallest absolute Gasteiger partial charge is 0.261 e. The molecule has 0 atom stereocenters. The van der Waals surface area contributed by atoms with Crippen molar-refractivity contribution in [3.8, 4) is 11.5 Å². The van der Waals surface area contributed by atoms with Gasteiger partial charge in [-0.25, -0.2) is 8.42 Å². The van der Waals surface area contributed by atoms with Crippen molar-refractivity contribution >= 4 is 21.6 Å². The van der Waals surface area contributed by atoms with Gasteiger partial charge in [0.2, 0.25) is 0 Å². The maximum Gasteiger partial charge on any atom is 0.261 e. The number of benzene rings is 3. The minimum Gasteiger partial charge on any atom is -0.494 e. The Hall–Kier alpha value is -3.52. The van der Waals surface area contributed by atoms with Crippen LogP contribution in [-0.2, 0) is 10.0 Å². The Kier molecular flexibility index (Phi) is 8.10. The molecule has 0 unspecified atom stereocenters. The maximum atomic E-state index is 12.6. The van der Waals surface area contributed by atoms with Gasteiger partial charge in [0.05, 0.1) is 18.1 Å². The summed E-state index contributed by atoms with van der Waals surface area (Å²) in [6, 6.07) is 21.9. The number of hydrogen-bond acceptors (Lipinski definition) is 5. The van der Waals surface area contributed by atoms with Crippen LogP contribution >= 0.6 is 0 Å². The molecular weight excluding hydrogens is 428 g/mol. The Bertz CT molecular complexity index is 1100. The Labute approximate surface area is 188 Å². The van der Waals surface area contributed by atoms with Crippen LogP contribution in [0.4, 0.5) is 5.69 Å². The zero-order valence-electron chi connectivity index (χ0n) is 17.8. The number of anilines is 1. The summed E-state index contributed by atoms with van der Waals surface area (Å²) < 4.78 is 38.5. The first-order valence-corrected chi connectivity index (χ1v) is 11.8. The first kappa shape index (κ1) is 23.1. The van der Waals surface area contributed by atoms with Gasteiger partial charge in [0, 0.05) is 17.8 Å². The van der Waals surface area contributed by atoms with Gasteiger partial charge in [-0.3, -0.25) is 9.52 Å². The molecule has 0 aliphatic carbocycles. The zero-order chi connectivity index (χ0) is 22.8. The first-order valence-electron chi connectivity index (χ1n) is 10.3. The molecule has 0 heterocycles. The molecule has 0 bridgehead atoms. The van der Waals surface area contributed by atoms with Crippen LogP contribution in [0.2, 0.25) is 0 Å². The maximum absolute atomic E-state index is 12.6. The monoisotopic (exact) mass is 454 g/mol. The second-order valence-corrected chi connectivity index (χ2v) is 8.54. The van der Waals surface area contributed by atoms with Gasteiger partial charge >= 0.3 is 0 Å². The largest absolute Gasteiger partial charge is 0.494 e. The number of rotatable bonds is 11. The SMILES string of the molecule is CCOc1ccc(S(=O)(=O)Nc2ccc(C(=O)NCCCOc3ccccc3)cc2)cc1. The molecule has 168 valence electrons. The lowest BCUT2D eigenvalue weighted by Crippen LogP contribution is -2.25. The summed E-state index contributed by atoms with van der Waals surface area (Å²) in [5.41, 5.74) is 0.810. The molecule has 7 nitrogen and oxygen atoms in total. The average Bonchev–Trinajstić information content (AvgIpc) is 2.80. The predicted octanol–water partition coefficient (Wildman–Crippen LogP) is 4.09. The highest BCUT2D eigenvalue weighted by atomic mass is 32.2. The van der Waals surface area contributed by atoms with Crippen molar-refractivity contribution in [2.24, 2.45) is 0 Å². The van der Waals surface area contributed by atoms with E-state index in [1.807, 2.05) is 37.3 Å². The summed E-state index contributed by atoms with van der Waals surface area (Å²) in [4.78, 5) is 12.4. The second-order valence-electron chi connectivity index (χ2n) is 6.86. The summed E-state index contributed by atoms with van der Waals surface area (Å²) >= 11 is 0. The highest BCUT2D eigenvalue weighted by Crippen LogP contribution is 2.20. The molecule has 0 aliphatic heterocycles. The minimum absolute atomic E-state index is 0.125. The Morgan fingerprint density at radius 2 is 1.50 bits per heavy atom. The number of nitrogens with one attached hydrogen (secondary N) is 2. The molecule has 0 aromatic heterocycles. The highest BCUT2D eigenvalue weighted by Gasteiger charge is 2.14. The number of carbonyl (C=O) groups excluding carboxylic acids is 1. The lowest BCUT2D eigenvalue weighted by Gasteiger charge is -2.10. The molecule has 8 heteroatoms. The Morgan fingerprint density at radius 3 is 2.16 bits per heavy atom. The Balaban J connectivity index is 1.47. The number of sulfonamides is 1. The van der Waals surface area contributed by atoms with Gasteiger partial charge < -0.3 is 14.8 Å². The van der Waals surface area contributed by atoms with Gasteiger partial charge in [-0.15, -0.1) is 0 Å². The third kappa shape index (κ3) is 6.75. The molecule has 1 amide bonds. The molecule has 0 radical (unpaired) electrons. The summed E-state index contributed by atoms with van der Waals surface area (Å²) in [5.74, 6) is 1.17. The van der Waals surface area contributed by atoms with E-state index in [2.05, 4.69) is 10.0 Å². The van der Waals surface area contributed by atoms with Crippen LogP contribution in [0, 0.1) is 0 Å². The summed E-state index contributed by atoms with van der Waals surface area (Å²) in [6.07, 6.45) is 0.667. The molecule has 3 rings (SSSR count). The third-order valence-corrected chi connectivity index (χ3v) is 5.86. The van der Waals surface area contributed by atoms with Crippen molar-refractivity contribution < 1.29 is 22.7 Å². The van der Waals surface area contributed by atoms with Gasteiger partial charge in [-0.05, 0) is 74.0 Å². The van der Waals surface area contributed by atoms with Crippen molar-refractivity contribution in [2.75, 3.05) is 24.5 Å². The zero-order valence-corrected chi connectivity index (χ0v) is 18.6. The number of carbonyl (C=O) groups is 1. The number of para-hydroxylation sites is 1. The van der Waals surface area contributed by atoms with Crippen LogP contribution in [0.25, 0.3) is 0 Å². The molecule has 2 N–H and O–H groups in total. The Morgan fingerprint density at radius 1 is 0.844 bits per heavy atom. The van der Waals surface area contributed by atoms with E-state index in [1.54, 1.807) is 36.4 Å². The molecule has 32 heavy (non-hydrogen) atoms. The van der Waals surface area contributed by atoms with E-state index in [0.29, 0.717) is 43.2 Å². The van der Waals surface area contributed by atoms with Crippen molar-refractivity contribution in [3.63, 3.8) is 0 Å². The van der Waals surface area contributed by atoms with Crippen molar-refractivity contribution in [1.82, 2.24) is 5.32 Å². The van der Waals surface area contributed by atoms with E-state index < -0.39 is 10.0 Å². The fourth-order valence-corrected chi connectivity index (χ4v) is 3.93. The second kappa shape index (κ2) is 11.2. The summed E-state index contributed by atoms with van der Waals surface area (Å²) in [6.45, 7) is 3.33. The van der Waals surface area contributed by atoms with E-state index in [1.165, 1.54) is 12.1 Å². The van der Waals surface area contributed by atoms with Crippen LogP contribution < -0.4 is 19.5 Å². The van der Waals surface area contributed by atoms with E-state index in [9.17, 15) is 13.2 Å². The summed E-state index contributed by atoms with van der Waals surface area (Å²) in [5, 5.41) is 2.82. The predicted molar refractivity (Wildman–Crippen MR) is 124 cm³/mol. The number of hydrogen-bond donors (Lipinski definition) is 2. The number of ether oxygens (including phenoxy) is 2. The fraction of sp³-hybridized carbons (Fsp3) is 0.208. The van der Waals surface area contributed by atoms with Crippen LogP contribution in [0.1, 0.15) is 23.7 Å². The molecule has 0 spiro atoms. The van der Waals surface area contributed by atoms with Crippen LogP contribution in [0.3, 0.4) is 0 Å². The third-order valence-electron chi connectivity index (χ3n) is 4.46. The van der Waals surface area contributed by atoms with Gasteiger partial charge in [-0.1, -0.05) is 18.2 Å². The van der Waals surface area contributed by atoms with E-state index in [0.717, 1.165) is 5.75 Å². The lowest BCUT2D eigenvalue weighted by molar-refractivity contribution is 0.0951. The molecule has 0 fully saturated rings. The van der Waals surface area contributed by atoms with Crippen LogP contribution in [0.5, 0.6) is 11.5 Å². The topological polar surface area (TPSA) is 93.7 Å². The van der Waals surface area contributed by atoms with E-state index in [-0.39, 0.29) is 10.8 Å². The molecule has 3 aromatic carbocycles. The van der Waals surface area contributed by atoms with Gasteiger partial charge in [0.1, 0.15) is 11.5 Å². The van der Waals surface area contributed by atoms with Crippen molar-refractivity contribution in [1.29, 1.82) is 0 Å². The summed E-state index contributed by atoms with van der Waals surface area (Å²) in [7, 11) is -3.74. The highest BCUT2D eigenvalue weighted by molar-refractivity contribution is 7.92. The van der Waals surface area contributed by atoms with Crippen LogP contribution in [-0.4, -0.2) is 34.1 Å². The van der Waals surface area contributed by atoms with Gasteiger partial charge in [0.25, 0.3) is 15.9 Å². The lowest BCUT2D eigenvalue weighted by atomic mass is 10.2. The van der Waals surface area contributed by atoms with E-state index >= 15 is 0 Å². The van der Waals surface area contributed by atoms with Gasteiger partial charge in [-0.2, -0.15) is 0 Å². The van der Waals surface area contributed by atoms with E-state index in [4.69, 9.17) is 9.47 Å². The molecule has 0 saturated heterocycles.